The molecule has 0 aliphatic carbocycles. The minimum atomic E-state index is -3.40. The Hall–Kier alpha value is -1.97. The molecule has 1 amide bonds. The standard InChI is InChI=1S/C19H25N5O3S/c1-12-5-4-8-23-18(12)13(9-20-23)19(25)24-16-6-7-17(24)15-11-22(10-14(15)16)28(26,27)21(2)3/h4-5,8-9,14-17H,6-7,10-11H2,1-3H3/t14-,15+,16-,17+. The lowest BCUT2D eigenvalue weighted by Gasteiger charge is -2.28. The number of aromatic nitrogens is 2. The fourth-order valence-corrected chi connectivity index (χ4v) is 6.75. The molecule has 2 aromatic heterocycles. The van der Waals surface area contributed by atoms with Gasteiger partial charge >= 0.3 is 0 Å². The number of fused-ring (bicyclic) bond motifs is 6. The molecule has 0 radical (unpaired) electrons. The van der Waals surface area contributed by atoms with Gasteiger partial charge in [-0.3, -0.25) is 4.79 Å². The van der Waals surface area contributed by atoms with Crippen molar-refractivity contribution in [2.24, 2.45) is 11.8 Å². The smallest absolute Gasteiger partial charge is 0.281 e. The number of hydrogen-bond donors (Lipinski definition) is 0. The maximum absolute atomic E-state index is 13.5. The monoisotopic (exact) mass is 403 g/mol. The summed E-state index contributed by atoms with van der Waals surface area (Å²) in [6, 6.07) is 4.14. The first-order valence-corrected chi connectivity index (χ1v) is 11.1. The van der Waals surface area contributed by atoms with Crippen molar-refractivity contribution in [3.63, 3.8) is 0 Å². The Morgan fingerprint density at radius 1 is 1.18 bits per heavy atom. The van der Waals surface area contributed by atoms with E-state index in [2.05, 4.69) is 5.10 Å². The van der Waals surface area contributed by atoms with E-state index in [0.29, 0.717) is 18.7 Å². The van der Waals surface area contributed by atoms with Gasteiger partial charge in [-0.05, 0) is 43.2 Å². The third kappa shape index (κ3) is 2.33. The van der Waals surface area contributed by atoms with Gasteiger partial charge in [-0.2, -0.15) is 22.1 Å². The molecule has 4 atom stereocenters. The number of rotatable bonds is 3. The van der Waals surface area contributed by atoms with Gasteiger partial charge in [-0.15, -0.1) is 0 Å². The zero-order valence-corrected chi connectivity index (χ0v) is 17.1. The number of hydrogen-bond acceptors (Lipinski definition) is 4. The third-order valence-corrected chi connectivity index (χ3v) is 8.71. The van der Waals surface area contributed by atoms with E-state index in [9.17, 15) is 13.2 Å². The Morgan fingerprint density at radius 3 is 2.43 bits per heavy atom. The topological polar surface area (TPSA) is 78.2 Å². The van der Waals surface area contributed by atoms with Gasteiger partial charge in [-0.25, -0.2) is 4.52 Å². The summed E-state index contributed by atoms with van der Waals surface area (Å²) in [6.07, 6.45) is 5.43. The van der Waals surface area contributed by atoms with Crippen molar-refractivity contribution in [3.05, 3.63) is 35.7 Å². The van der Waals surface area contributed by atoms with Crippen molar-refractivity contribution in [2.75, 3.05) is 27.2 Å². The molecule has 8 nitrogen and oxygen atoms in total. The minimum Gasteiger partial charge on any atom is -0.332 e. The van der Waals surface area contributed by atoms with Crippen LogP contribution in [0.4, 0.5) is 0 Å². The molecule has 3 aliphatic heterocycles. The maximum atomic E-state index is 13.5. The van der Waals surface area contributed by atoms with E-state index in [-0.39, 0.29) is 29.8 Å². The molecule has 3 aliphatic rings. The van der Waals surface area contributed by atoms with Crippen LogP contribution in [0.3, 0.4) is 0 Å². The first-order valence-electron chi connectivity index (χ1n) is 9.74. The molecule has 3 fully saturated rings. The zero-order chi connectivity index (χ0) is 19.8. The Morgan fingerprint density at radius 2 is 1.82 bits per heavy atom. The van der Waals surface area contributed by atoms with E-state index in [1.54, 1.807) is 29.1 Å². The maximum Gasteiger partial charge on any atom is 0.281 e. The van der Waals surface area contributed by atoms with Crippen molar-refractivity contribution in [1.29, 1.82) is 0 Å². The molecular formula is C19H25N5O3S. The van der Waals surface area contributed by atoms with Gasteiger partial charge < -0.3 is 4.90 Å². The second-order valence-electron chi connectivity index (χ2n) is 8.40. The quantitative estimate of drug-likeness (QED) is 0.766. The van der Waals surface area contributed by atoms with E-state index in [0.717, 1.165) is 23.9 Å². The summed E-state index contributed by atoms with van der Waals surface area (Å²) in [7, 11) is -0.262. The van der Waals surface area contributed by atoms with Crippen LogP contribution in [-0.2, 0) is 10.2 Å². The van der Waals surface area contributed by atoms with Crippen molar-refractivity contribution in [1.82, 2.24) is 23.1 Å². The summed E-state index contributed by atoms with van der Waals surface area (Å²) in [5.74, 6) is 0.480. The zero-order valence-electron chi connectivity index (χ0n) is 16.3. The van der Waals surface area contributed by atoms with Gasteiger partial charge in [0.1, 0.15) is 0 Å². The Bertz CT molecular complexity index is 1040. The summed E-state index contributed by atoms with van der Waals surface area (Å²) < 4.78 is 29.7. The number of carbonyl (C=O) groups is 1. The highest BCUT2D eigenvalue weighted by Crippen LogP contribution is 2.50. The lowest BCUT2D eigenvalue weighted by atomic mass is 9.82. The van der Waals surface area contributed by atoms with Crippen LogP contribution in [0.1, 0.15) is 28.8 Å². The van der Waals surface area contributed by atoms with Crippen molar-refractivity contribution >= 4 is 21.6 Å². The Balaban J connectivity index is 1.45. The van der Waals surface area contributed by atoms with E-state index < -0.39 is 10.2 Å². The van der Waals surface area contributed by atoms with Crippen LogP contribution < -0.4 is 0 Å². The van der Waals surface area contributed by atoms with Gasteiger partial charge in [-0.1, -0.05) is 6.07 Å². The number of aryl methyl sites for hydroxylation is 1. The molecule has 0 spiro atoms. The lowest BCUT2D eigenvalue weighted by Crippen LogP contribution is -2.43. The van der Waals surface area contributed by atoms with Crippen molar-refractivity contribution in [3.8, 4) is 0 Å². The van der Waals surface area contributed by atoms with E-state index >= 15 is 0 Å². The summed E-state index contributed by atoms with van der Waals surface area (Å²) in [4.78, 5) is 15.5. The Labute approximate surface area is 164 Å². The van der Waals surface area contributed by atoms with Crippen LogP contribution in [0.15, 0.2) is 24.5 Å². The number of pyridine rings is 1. The molecule has 2 aromatic rings. The summed E-state index contributed by atoms with van der Waals surface area (Å²) in [5, 5.41) is 4.35. The summed E-state index contributed by atoms with van der Waals surface area (Å²) in [5.41, 5.74) is 2.53. The third-order valence-electron chi connectivity index (χ3n) is 6.84. The fourth-order valence-electron chi connectivity index (χ4n) is 5.57. The molecule has 5 rings (SSSR count). The van der Waals surface area contributed by atoms with Gasteiger partial charge in [0.2, 0.25) is 0 Å². The normalized spacial score (nSPS) is 29.9. The predicted molar refractivity (Wildman–Crippen MR) is 104 cm³/mol. The van der Waals surface area contributed by atoms with Crippen LogP contribution in [0.25, 0.3) is 5.52 Å². The van der Waals surface area contributed by atoms with Crippen LogP contribution in [0, 0.1) is 18.8 Å². The highest BCUT2D eigenvalue weighted by atomic mass is 32.2. The molecule has 150 valence electrons. The molecule has 9 heteroatoms. The summed E-state index contributed by atoms with van der Waals surface area (Å²) in [6.45, 7) is 3.00. The summed E-state index contributed by atoms with van der Waals surface area (Å²) >= 11 is 0. The molecule has 3 saturated heterocycles. The van der Waals surface area contributed by atoms with Crippen molar-refractivity contribution < 1.29 is 13.2 Å². The molecular weight excluding hydrogens is 378 g/mol. The van der Waals surface area contributed by atoms with Crippen LogP contribution in [0.2, 0.25) is 0 Å². The first kappa shape index (κ1) is 18.1. The molecule has 0 aromatic carbocycles. The average molecular weight is 404 g/mol. The highest BCUT2D eigenvalue weighted by molar-refractivity contribution is 7.86. The average Bonchev–Trinajstić information content (AvgIpc) is 3.40. The molecule has 0 saturated carbocycles. The second-order valence-corrected chi connectivity index (χ2v) is 10.5. The van der Waals surface area contributed by atoms with Crippen molar-refractivity contribution in [2.45, 2.75) is 31.8 Å². The molecule has 28 heavy (non-hydrogen) atoms. The van der Waals surface area contributed by atoms with Gasteiger partial charge in [0.05, 0.1) is 17.3 Å². The second kappa shape index (κ2) is 6.01. The number of carbonyl (C=O) groups excluding carboxylic acids is 1. The fraction of sp³-hybridized carbons (Fsp3) is 0.579. The highest BCUT2D eigenvalue weighted by Gasteiger charge is 2.59. The van der Waals surface area contributed by atoms with E-state index in [4.69, 9.17) is 0 Å². The Kier molecular flexibility index (Phi) is 3.88. The SMILES string of the molecule is Cc1cccn2ncc(C(=O)N3[C@@H]4CC[C@H]3[C@H]3CN(S(=O)(=O)N(C)C)C[C@H]34)c12. The predicted octanol–water partition coefficient (Wildman–Crippen LogP) is 0.984. The van der Waals surface area contributed by atoms with Gasteiger partial charge in [0.15, 0.2) is 0 Å². The molecule has 0 unspecified atom stereocenters. The molecule has 0 N–H and O–H groups in total. The van der Waals surface area contributed by atoms with Crippen LogP contribution >= 0.6 is 0 Å². The van der Waals surface area contributed by atoms with E-state index in [1.165, 1.54) is 4.31 Å². The van der Waals surface area contributed by atoms with Crippen LogP contribution in [-0.4, -0.2) is 76.7 Å². The molecule has 5 heterocycles. The number of amides is 1. The first-order chi connectivity index (χ1) is 13.3. The van der Waals surface area contributed by atoms with E-state index in [1.807, 2.05) is 30.2 Å². The lowest BCUT2D eigenvalue weighted by molar-refractivity contribution is 0.0706. The number of nitrogens with zero attached hydrogens (tertiary/aromatic N) is 5. The molecule has 2 bridgehead atoms. The van der Waals surface area contributed by atoms with Crippen LogP contribution in [0.5, 0.6) is 0 Å². The van der Waals surface area contributed by atoms with Gasteiger partial charge in [0, 0.05) is 45.5 Å². The largest absolute Gasteiger partial charge is 0.332 e. The minimum absolute atomic E-state index is 0.0354. The van der Waals surface area contributed by atoms with Gasteiger partial charge in [0.25, 0.3) is 16.1 Å².